The Morgan fingerprint density at radius 1 is 1.50 bits per heavy atom. The molecular weight excluding hydrogens is 249 g/mol. The van der Waals surface area contributed by atoms with Crippen LogP contribution < -0.4 is 5.73 Å². The van der Waals surface area contributed by atoms with Gasteiger partial charge in [0.25, 0.3) is 0 Å². The Labute approximate surface area is 109 Å². The third kappa shape index (κ3) is 3.79. The summed E-state index contributed by atoms with van der Waals surface area (Å²) in [5.74, 6) is -0.309. The molecular formula is C12H24N3O2P. The van der Waals surface area contributed by atoms with Crippen molar-refractivity contribution in [2.45, 2.75) is 26.3 Å². The zero-order valence-electron chi connectivity index (χ0n) is 11.6. The van der Waals surface area contributed by atoms with Gasteiger partial charge in [0.2, 0.25) is 0 Å². The zero-order chi connectivity index (χ0) is 13.8. The van der Waals surface area contributed by atoms with Crippen molar-refractivity contribution in [2.24, 2.45) is 5.73 Å². The van der Waals surface area contributed by atoms with Crippen LogP contribution in [0, 0.1) is 0 Å². The fourth-order valence-corrected chi connectivity index (χ4v) is 2.90. The molecule has 3 N–H and O–H groups in total. The van der Waals surface area contributed by atoms with Gasteiger partial charge in [0.15, 0.2) is 0 Å². The van der Waals surface area contributed by atoms with Gasteiger partial charge in [-0.2, -0.15) is 0 Å². The number of imidazole rings is 1. The van der Waals surface area contributed by atoms with Crippen LogP contribution in [-0.4, -0.2) is 47.6 Å². The Kier molecular flexibility index (Phi) is 4.51. The molecule has 0 aliphatic carbocycles. The molecule has 5 nitrogen and oxygen atoms in total. The van der Waals surface area contributed by atoms with Crippen molar-refractivity contribution >= 4 is 12.8 Å². The molecule has 0 fully saturated rings. The van der Waals surface area contributed by atoms with Crippen LogP contribution in [0.4, 0.5) is 0 Å². The molecule has 104 valence electrons. The predicted molar refractivity (Wildman–Crippen MR) is 76.2 cm³/mol. The van der Waals surface area contributed by atoms with E-state index in [1.165, 1.54) is 0 Å². The Morgan fingerprint density at radius 2 is 2.11 bits per heavy atom. The topological polar surface area (TPSA) is 81.0 Å². The van der Waals surface area contributed by atoms with Crippen molar-refractivity contribution in [1.82, 2.24) is 9.97 Å². The number of aromatic nitrogens is 2. The molecule has 0 saturated carbocycles. The normalized spacial score (nSPS) is 15.7. The van der Waals surface area contributed by atoms with E-state index in [0.29, 0.717) is 6.42 Å². The Bertz CT molecular complexity index is 395. The summed E-state index contributed by atoms with van der Waals surface area (Å²) >= 11 is 0. The van der Waals surface area contributed by atoms with Gasteiger partial charge in [-0.1, -0.05) is 0 Å². The van der Waals surface area contributed by atoms with Crippen LogP contribution in [0.25, 0.3) is 0 Å². The first kappa shape index (κ1) is 15.1. The van der Waals surface area contributed by atoms with Gasteiger partial charge in [0.1, 0.15) is 0 Å². The Hall–Kier alpha value is -0.930. The molecule has 1 heterocycles. The van der Waals surface area contributed by atoms with Gasteiger partial charge in [-0.15, -0.1) is 0 Å². The van der Waals surface area contributed by atoms with Crippen LogP contribution in [0.15, 0.2) is 12.5 Å². The number of nitrogens with two attached hydrogens (primary N) is 1. The molecule has 0 saturated heterocycles. The molecule has 0 radical (unpaired) electrons. The van der Waals surface area contributed by atoms with E-state index >= 15 is 0 Å². The minimum atomic E-state index is -2.35. The van der Waals surface area contributed by atoms with Gasteiger partial charge < -0.3 is 0 Å². The number of nitrogens with zero attached hydrogens (tertiary/aromatic N) is 1. The summed E-state index contributed by atoms with van der Waals surface area (Å²) in [6, 6.07) is -0.634. The summed E-state index contributed by atoms with van der Waals surface area (Å²) in [5, 5.41) is 0. The minimum absolute atomic E-state index is 0.309. The molecule has 0 aliphatic rings. The Morgan fingerprint density at radius 3 is 2.56 bits per heavy atom. The summed E-state index contributed by atoms with van der Waals surface area (Å²) in [6.45, 7) is 5.93. The maximum absolute atomic E-state index is 12.1. The van der Waals surface area contributed by atoms with E-state index < -0.39 is 12.9 Å². The number of carbonyl (C=O) groups is 1. The SMILES string of the molecule is CCP(C)(C)(CC)OC(=O)[C@@H](N)Cc1cnc[nH]1. The van der Waals surface area contributed by atoms with Crippen molar-refractivity contribution in [3.05, 3.63) is 18.2 Å². The van der Waals surface area contributed by atoms with Gasteiger partial charge in [-0.25, -0.2) is 0 Å². The van der Waals surface area contributed by atoms with Crippen LogP contribution in [0.3, 0.4) is 0 Å². The quantitative estimate of drug-likeness (QED) is 0.771. The Balaban J connectivity index is 2.65. The zero-order valence-corrected chi connectivity index (χ0v) is 12.5. The van der Waals surface area contributed by atoms with Crippen molar-refractivity contribution in [1.29, 1.82) is 0 Å². The van der Waals surface area contributed by atoms with E-state index in [1.807, 2.05) is 0 Å². The summed E-state index contributed by atoms with van der Waals surface area (Å²) in [7, 11) is 0. The average Bonchev–Trinajstić information content (AvgIpc) is 2.82. The van der Waals surface area contributed by atoms with Gasteiger partial charge in [0.05, 0.1) is 0 Å². The molecule has 0 aromatic carbocycles. The summed E-state index contributed by atoms with van der Waals surface area (Å²) < 4.78 is 5.77. The average molecular weight is 273 g/mol. The molecule has 0 spiro atoms. The van der Waals surface area contributed by atoms with Crippen molar-refractivity contribution in [2.75, 3.05) is 25.7 Å². The predicted octanol–water partition coefficient (Wildman–Crippen LogP) is 1.59. The van der Waals surface area contributed by atoms with Crippen molar-refractivity contribution in [3.63, 3.8) is 0 Å². The number of hydrogen-bond acceptors (Lipinski definition) is 4. The third-order valence-electron chi connectivity index (χ3n) is 3.67. The first-order valence-electron chi connectivity index (χ1n) is 6.26. The molecule has 18 heavy (non-hydrogen) atoms. The molecule has 1 atom stereocenters. The van der Waals surface area contributed by atoms with Crippen LogP contribution in [0.2, 0.25) is 0 Å². The van der Waals surface area contributed by atoms with Gasteiger partial charge in [-0.05, 0) is 0 Å². The standard InChI is InChI=1S/C12H24N3O2P/c1-5-18(3,4,6-2)17-12(16)11(13)7-10-8-14-9-15-10/h8-9,11H,5-7,13H2,1-4H3,(H,14,15)/t11-/m0/s1. The van der Waals surface area contributed by atoms with E-state index in [2.05, 4.69) is 37.1 Å². The van der Waals surface area contributed by atoms with E-state index in [4.69, 9.17) is 10.3 Å². The molecule has 6 heteroatoms. The van der Waals surface area contributed by atoms with E-state index in [1.54, 1.807) is 12.5 Å². The number of carbonyl (C=O) groups excluding carboxylic acids is 1. The molecule has 1 aromatic rings. The fraction of sp³-hybridized carbons (Fsp3) is 0.667. The van der Waals surface area contributed by atoms with Crippen molar-refractivity contribution < 1.29 is 9.32 Å². The summed E-state index contributed by atoms with van der Waals surface area (Å²) in [6.07, 6.45) is 5.43. The number of rotatable bonds is 6. The second kappa shape index (κ2) is 5.37. The number of hydrogen-bond donors (Lipinski definition) is 2. The van der Waals surface area contributed by atoms with Crippen molar-refractivity contribution in [3.8, 4) is 0 Å². The monoisotopic (exact) mass is 273 g/mol. The van der Waals surface area contributed by atoms with E-state index in [9.17, 15) is 4.79 Å². The summed E-state index contributed by atoms with van der Waals surface area (Å²) in [4.78, 5) is 18.9. The van der Waals surface area contributed by atoms with Gasteiger partial charge >= 0.3 is 108 Å². The maximum atomic E-state index is 12.1. The fourth-order valence-electron chi connectivity index (χ4n) is 1.44. The van der Waals surface area contributed by atoms with Gasteiger partial charge in [0, 0.05) is 0 Å². The molecule has 0 amide bonds. The second-order valence-electron chi connectivity index (χ2n) is 5.49. The molecule has 0 bridgehead atoms. The number of nitrogens with one attached hydrogen (secondary N) is 1. The first-order valence-corrected chi connectivity index (χ1v) is 9.68. The number of aromatic amines is 1. The van der Waals surface area contributed by atoms with Crippen LogP contribution in [-0.2, 0) is 15.7 Å². The molecule has 1 rings (SSSR count). The van der Waals surface area contributed by atoms with E-state index in [0.717, 1.165) is 18.0 Å². The van der Waals surface area contributed by atoms with Crippen LogP contribution >= 0.6 is 6.83 Å². The molecule has 0 aliphatic heterocycles. The van der Waals surface area contributed by atoms with Gasteiger partial charge in [-0.3, -0.25) is 0 Å². The number of H-pyrrole nitrogens is 1. The second-order valence-corrected chi connectivity index (χ2v) is 12.1. The van der Waals surface area contributed by atoms with Crippen LogP contribution in [0.1, 0.15) is 19.5 Å². The third-order valence-corrected chi connectivity index (χ3v) is 8.41. The van der Waals surface area contributed by atoms with Crippen LogP contribution in [0.5, 0.6) is 0 Å². The molecule has 0 unspecified atom stereocenters. The van der Waals surface area contributed by atoms with E-state index in [-0.39, 0.29) is 5.97 Å². The summed E-state index contributed by atoms with van der Waals surface area (Å²) in [5.41, 5.74) is 6.73. The molecule has 1 aromatic heterocycles. The first-order chi connectivity index (χ1) is 8.29.